The van der Waals surface area contributed by atoms with Crippen molar-refractivity contribution in [3.8, 4) is 5.75 Å². The number of benzene rings is 1. The molecule has 116 valence electrons. The molecule has 0 unspecified atom stereocenters. The van der Waals surface area contributed by atoms with Crippen LogP contribution in [0.2, 0.25) is 0 Å². The number of hydrogen-bond acceptors (Lipinski definition) is 2. The molecule has 0 bridgehead atoms. The third-order valence-corrected chi connectivity index (χ3v) is 4.30. The van der Waals surface area contributed by atoms with Gasteiger partial charge in [0.05, 0.1) is 13.5 Å². The number of alkyl halides is 2. The van der Waals surface area contributed by atoms with Gasteiger partial charge in [0.15, 0.2) is 0 Å². The molecule has 0 atom stereocenters. The van der Waals surface area contributed by atoms with Gasteiger partial charge in [-0.05, 0) is 42.5 Å². The number of aliphatic carboxylic acids is 1. The highest BCUT2D eigenvalue weighted by Crippen LogP contribution is 2.51. The maximum absolute atomic E-state index is 14.5. The number of ether oxygens (including phenoxy) is 1. The maximum atomic E-state index is 14.5. The van der Waals surface area contributed by atoms with Crippen LogP contribution >= 0.6 is 0 Å². The van der Waals surface area contributed by atoms with E-state index in [1.54, 1.807) is 0 Å². The molecule has 0 aromatic heterocycles. The van der Waals surface area contributed by atoms with Gasteiger partial charge in [-0.1, -0.05) is 12.8 Å². The van der Waals surface area contributed by atoms with Gasteiger partial charge in [0.25, 0.3) is 5.92 Å². The van der Waals surface area contributed by atoms with Crippen LogP contribution in [0.1, 0.15) is 44.1 Å². The molecule has 0 radical (unpaired) electrons. The predicted molar refractivity (Wildman–Crippen MR) is 74.7 cm³/mol. The van der Waals surface area contributed by atoms with Crippen LogP contribution in [-0.2, 0) is 10.7 Å². The number of rotatable bonds is 6. The lowest BCUT2D eigenvalue weighted by Gasteiger charge is -2.31. The van der Waals surface area contributed by atoms with E-state index in [0.29, 0.717) is 18.6 Å². The number of carbonyl (C=O) groups is 1. The second kappa shape index (κ2) is 6.00. The van der Waals surface area contributed by atoms with Crippen molar-refractivity contribution in [1.29, 1.82) is 0 Å². The first-order chi connectivity index (χ1) is 9.87. The standard InChI is InChI=1S/C16H20F2O3/c1-21-13-6-4-12(5-7-13)16(17,18)11-15(10-14(19)20)8-2-3-9-15/h4-7H,2-3,8-11H2,1H3,(H,19,20). The number of methoxy groups -OCH3 is 1. The van der Waals surface area contributed by atoms with Crippen molar-refractivity contribution in [2.24, 2.45) is 5.41 Å². The van der Waals surface area contributed by atoms with Gasteiger partial charge in [-0.15, -0.1) is 0 Å². The maximum Gasteiger partial charge on any atom is 0.303 e. The van der Waals surface area contributed by atoms with Crippen LogP contribution in [0.5, 0.6) is 5.75 Å². The summed E-state index contributed by atoms with van der Waals surface area (Å²) in [6, 6.07) is 5.70. The molecule has 2 rings (SSSR count). The van der Waals surface area contributed by atoms with Gasteiger partial charge < -0.3 is 9.84 Å². The summed E-state index contributed by atoms with van der Waals surface area (Å²) in [6.45, 7) is 0. The number of carboxylic acid groups (broad SMARTS) is 1. The lowest BCUT2D eigenvalue weighted by Crippen LogP contribution is -2.29. The molecule has 1 aromatic carbocycles. The lowest BCUT2D eigenvalue weighted by molar-refractivity contribution is -0.141. The van der Waals surface area contributed by atoms with Gasteiger partial charge in [-0.25, -0.2) is 8.78 Å². The normalized spacial score (nSPS) is 17.7. The molecule has 5 heteroatoms. The number of carboxylic acids is 1. The zero-order valence-corrected chi connectivity index (χ0v) is 12.1. The van der Waals surface area contributed by atoms with Crippen molar-refractivity contribution in [2.45, 2.75) is 44.4 Å². The molecule has 1 aliphatic rings. The smallest absolute Gasteiger partial charge is 0.303 e. The van der Waals surface area contributed by atoms with E-state index >= 15 is 0 Å². The van der Waals surface area contributed by atoms with Gasteiger partial charge in [-0.2, -0.15) is 0 Å². The van der Waals surface area contributed by atoms with E-state index in [2.05, 4.69) is 0 Å². The number of halogens is 2. The average molecular weight is 298 g/mol. The summed E-state index contributed by atoms with van der Waals surface area (Å²) >= 11 is 0. The fraction of sp³-hybridized carbons (Fsp3) is 0.562. The molecule has 0 aliphatic heterocycles. The molecule has 1 fully saturated rings. The van der Waals surface area contributed by atoms with Crippen molar-refractivity contribution in [1.82, 2.24) is 0 Å². The molecule has 3 nitrogen and oxygen atoms in total. The molecule has 1 aromatic rings. The highest BCUT2D eigenvalue weighted by atomic mass is 19.3. The summed E-state index contributed by atoms with van der Waals surface area (Å²) < 4.78 is 34.0. The third-order valence-electron chi connectivity index (χ3n) is 4.30. The Kier molecular flexibility index (Phi) is 4.49. The van der Waals surface area contributed by atoms with Crippen LogP contribution in [0.4, 0.5) is 8.78 Å². The van der Waals surface area contributed by atoms with Crippen molar-refractivity contribution in [3.05, 3.63) is 29.8 Å². The van der Waals surface area contributed by atoms with Crippen LogP contribution in [0, 0.1) is 5.41 Å². The largest absolute Gasteiger partial charge is 0.497 e. The van der Waals surface area contributed by atoms with E-state index in [-0.39, 0.29) is 12.0 Å². The minimum absolute atomic E-state index is 0.0834. The summed E-state index contributed by atoms with van der Waals surface area (Å²) in [5.41, 5.74) is -0.866. The fourth-order valence-corrected chi connectivity index (χ4v) is 3.27. The molecular weight excluding hydrogens is 278 g/mol. The Hall–Kier alpha value is -1.65. The van der Waals surface area contributed by atoms with Crippen molar-refractivity contribution in [2.75, 3.05) is 7.11 Å². The first kappa shape index (κ1) is 15.7. The van der Waals surface area contributed by atoms with Gasteiger partial charge in [-0.3, -0.25) is 4.79 Å². The minimum Gasteiger partial charge on any atom is -0.497 e. The molecule has 0 amide bonds. The molecular formula is C16H20F2O3. The Balaban J connectivity index is 2.18. The van der Waals surface area contributed by atoms with E-state index < -0.39 is 23.7 Å². The molecule has 1 aliphatic carbocycles. The van der Waals surface area contributed by atoms with Gasteiger partial charge in [0.1, 0.15) is 5.75 Å². The van der Waals surface area contributed by atoms with Crippen LogP contribution in [0.15, 0.2) is 24.3 Å². The predicted octanol–water partition coefficient (Wildman–Crippen LogP) is 4.21. The van der Waals surface area contributed by atoms with Crippen LogP contribution in [0.25, 0.3) is 0 Å². The fourth-order valence-electron chi connectivity index (χ4n) is 3.27. The van der Waals surface area contributed by atoms with E-state index in [1.807, 2.05) is 0 Å². The van der Waals surface area contributed by atoms with Gasteiger partial charge >= 0.3 is 5.97 Å². The molecule has 21 heavy (non-hydrogen) atoms. The summed E-state index contributed by atoms with van der Waals surface area (Å²) in [7, 11) is 1.48. The average Bonchev–Trinajstić information content (AvgIpc) is 2.85. The monoisotopic (exact) mass is 298 g/mol. The Morgan fingerprint density at radius 3 is 2.33 bits per heavy atom. The highest BCUT2D eigenvalue weighted by molar-refractivity contribution is 5.67. The highest BCUT2D eigenvalue weighted by Gasteiger charge is 2.45. The minimum atomic E-state index is -3.02. The van der Waals surface area contributed by atoms with E-state index in [9.17, 15) is 13.6 Å². The van der Waals surface area contributed by atoms with E-state index in [0.717, 1.165) is 12.8 Å². The second-order valence-electron chi connectivity index (χ2n) is 5.89. The third kappa shape index (κ3) is 3.71. The summed E-state index contributed by atoms with van der Waals surface area (Å²) in [6.07, 6.45) is 2.19. The van der Waals surface area contributed by atoms with Gasteiger partial charge in [0.2, 0.25) is 0 Å². The van der Waals surface area contributed by atoms with Crippen LogP contribution in [-0.4, -0.2) is 18.2 Å². The summed E-state index contributed by atoms with van der Waals surface area (Å²) in [5, 5.41) is 9.01. The Bertz CT molecular complexity index is 491. The molecule has 0 saturated heterocycles. The Morgan fingerprint density at radius 2 is 1.86 bits per heavy atom. The van der Waals surface area contributed by atoms with Gasteiger partial charge in [0, 0.05) is 12.0 Å². The van der Waals surface area contributed by atoms with Crippen LogP contribution in [0.3, 0.4) is 0 Å². The number of hydrogen-bond donors (Lipinski definition) is 1. The van der Waals surface area contributed by atoms with Crippen molar-refractivity contribution in [3.63, 3.8) is 0 Å². The second-order valence-corrected chi connectivity index (χ2v) is 5.89. The molecule has 0 heterocycles. The zero-order valence-electron chi connectivity index (χ0n) is 12.1. The molecule has 1 saturated carbocycles. The first-order valence-electron chi connectivity index (χ1n) is 7.11. The topological polar surface area (TPSA) is 46.5 Å². The quantitative estimate of drug-likeness (QED) is 0.855. The SMILES string of the molecule is COc1ccc(C(F)(F)CC2(CC(=O)O)CCCC2)cc1. The Morgan fingerprint density at radius 1 is 1.29 bits per heavy atom. The molecule has 0 spiro atoms. The van der Waals surface area contributed by atoms with E-state index in [4.69, 9.17) is 9.84 Å². The Labute approximate surface area is 122 Å². The summed E-state index contributed by atoms with van der Waals surface area (Å²) in [4.78, 5) is 11.0. The van der Waals surface area contributed by atoms with E-state index in [1.165, 1.54) is 31.4 Å². The van der Waals surface area contributed by atoms with Crippen LogP contribution < -0.4 is 4.74 Å². The zero-order chi connectivity index (χ0) is 15.5. The lowest BCUT2D eigenvalue weighted by atomic mass is 9.76. The summed E-state index contributed by atoms with van der Waals surface area (Å²) in [5.74, 6) is -3.50. The van der Waals surface area contributed by atoms with Crippen molar-refractivity contribution >= 4 is 5.97 Å². The molecule has 1 N–H and O–H groups in total. The van der Waals surface area contributed by atoms with Crippen molar-refractivity contribution < 1.29 is 23.4 Å². The first-order valence-corrected chi connectivity index (χ1v) is 7.11.